The van der Waals surface area contributed by atoms with Crippen LogP contribution in [0.1, 0.15) is 33.5 Å². The van der Waals surface area contributed by atoms with Gasteiger partial charge in [-0.05, 0) is 42.5 Å². The van der Waals surface area contributed by atoms with E-state index in [1.807, 2.05) is 25.4 Å². The first-order chi connectivity index (χ1) is 9.67. The molecule has 0 saturated carbocycles. The Morgan fingerprint density at radius 2 is 2.20 bits per heavy atom. The molecule has 3 N–H and O–H groups in total. The molecule has 0 radical (unpaired) electrons. The number of nitrogens with zero attached hydrogens (tertiary/aromatic N) is 2. The molecule has 1 aliphatic rings. The maximum Gasteiger partial charge on any atom is 0.256 e. The number of hydrogen-bond donors (Lipinski definition) is 2. The van der Waals surface area contributed by atoms with E-state index in [1.165, 1.54) is 17.5 Å². The van der Waals surface area contributed by atoms with Crippen molar-refractivity contribution in [1.29, 1.82) is 0 Å². The van der Waals surface area contributed by atoms with E-state index >= 15 is 0 Å². The van der Waals surface area contributed by atoms with Gasteiger partial charge in [-0.25, -0.2) is 0 Å². The lowest BCUT2D eigenvalue weighted by molar-refractivity contribution is 0.102. The molecule has 2 aromatic rings. The van der Waals surface area contributed by atoms with Crippen molar-refractivity contribution in [2.24, 2.45) is 12.8 Å². The molecule has 0 fully saturated rings. The monoisotopic (exact) mass is 270 g/mol. The van der Waals surface area contributed by atoms with Gasteiger partial charge in [0.05, 0.1) is 0 Å². The maximum atomic E-state index is 12.3. The number of nitrogens with one attached hydrogen (secondary N) is 1. The molecule has 5 nitrogen and oxygen atoms in total. The van der Waals surface area contributed by atoms with E-state index in [0.717, 1.165) is 18.4 Å². The summed E-state index contributed by atoms with van der Waals surface area (Å²) < 4.78 is 1.65. The third-order valence-corrected chi connectivity index (χ3v) is 3.72. The van der Waals surface area contributed by atoms with Crippen LogP contribution in [0.15, 0.2) is 24.4 Å². The van der Waals surface area contributed by atoms with Gasteiger partial charge in [0.2, 0.25) is 0 Å². The molecule has 0 atom stereocenters. The van der Waals surface area contributed by atoms with Gasteiger partial charge in [0.25, 0.3) is 5.91 Å². The fraction of sp³-hybridized carbons (Fsp3) is 0.333. The highest BCUT2D eigenvalue weighted by atomic mass is 16.1. The Balaban J connectivity index is 1.82. The van der Waals surface area contributed by atoms with Gasteiger partial charge >= 0.3 is 0 Å². The van der Waals surface area contributed by atoms with Crippen LogP contribution in [0.25, 0.3) is 0 Å². The van der Waals surface area contributed by atoms with Gasteiger partial charge in [-0.15, -0.1) is 0 Å². The third-order valence-electron chi connectivity index (χ3n) is 3.72. The number of amides is 1. The molecule has 0 unspecified atom stereocenters. The van der Waals surface area contributed by atoms with Crippen LogP contribution in [0.4, 0.5) is 5.82 Å². The van der Waals surface area contributed by atoms with Crippen LogP contribution in [-0.4, -0.2) is 15.7 Å². The highest BCUT2D eigenvalue weighted by Crippen LogP contribution is 2.23. The lowest BCUT2D eigenvalue weighted by atomic mass is 10.1. The zero-order chi connectivity index (χ0) is 14.1. The number of benzene rings is 1. The minimum absolute atomic E-state index is 0.131. The number of anilines is 1. The van der Waals surface area contributed by atoms with Gasteiger partial charge in [0.15, 0.2) is 5.82 Å². The first-order valence-corrected chi connectivity index (χ1v) is 6.83. The average Bonchev–Trinajstić information content (AvgIpc) is 3.03. The highest BCUT2D eigenvalue weighted by molar-refractivity contribution is 6.04. The molecule has 0 bridgehead atoms. The number of carbonyl (C=O) groups is 1. The Morgan fingerprint density at radius 3 is 3.00 bits per heavy atom. The molecule has 1 heterocycles. The van der Waals surface area contributed by atoms with Gasteiger partial charge < -0.3 is 11.1 Å². The molecule has 1 aliphatic carbocycles. The molecule has 3 rings (SSSR count). The molecular weight excluding hydrogens is 252 g/mol. The molecule has 0 saturated heterocycles. The molecule has 104 valence electrons. The SMILES string of the molecule is Cn1cc(CN)c(NC(=O)c2ccc3c(c2)CCC3)n1. The number of fused-ring (bicyclic) bond motifs is 1. The van der Waals surface area contributed by atoms with Gasteiger partial charge in [-0.2, -0.15) is 5.10 Å². The van der Waals surface area contributed by atoms with Crippen molar-refractivity contribution < 1.29 is 4.79 Å². The Labute approximate surface area is 117 Å². The molecule has 1 aromatic carbocycles. The summed E-state index contributed by atoms with van der Waals surface area (Å²) in [5.41, 5.74) is 9.82. The second kappa shape index (κ2) is 5.09. The van der Waals surface area contributed by atoms with E-state index in [1.54, 1.807) is 4.68 Å². The normalized spacial score (nSPS) is 13.3. The smallest absolute Gasteiger partial charge is 0.256 e. The topological polar surface area (TPSA) is 72.9 Å². The zero-order valence-electron chi connectivity index (χ0n) is 11.5. The predicted molar refractivity (Wildman–Crippen MR) is 77.5 cm³/mol. The number of carbonyl (C=O) groups excluding carboxylic acids is 1. The Morgan fingerprint density at radius 1 is 1.40 bits per heavy atom. The summed E-state index contributed by atoms with van der Waals surface area (Å²) in [5, 5.41) is 7.06. The summed E-state index contributed by atoms with van der Waals surface area (Å²) in [5.74, 6) is 0.411. The molecular formula is C15H18N4O. The summed E-state index contributed by atoms with van der Waals surface area (Å²) in [6.07, 6.45) is 5.18. The van der Waals surface area contributed by atoms with Crippen LogP contribution < -0.4 is 11.1 Å². The van der Waals surface area contributed by atoms with Gasteiger partial charge in [-0.3, -0.25) is 9.48 Å². The van der Waals surface area contributed by atoms with E-state index < -0.39 is 0 Å². The fourth-order valence-electron chi connectivity index (χ4n) is 2.68. The van der Waals surface area contributed by atoms with E-state index in [2.05, 4.69) is 16.5 Å². The Bertz CT molecular complexity index is 660. The lowest BCUT2D eigenvalue weighted by Gasteiger charge is -2.06. The summed E-state index contributed by atoms with van der Waals surface area (Å²) in [6.45, 7) is 0.355. The lowest BCUT2D eigenvalue weighted by Crippen LogP contribution is -2.14. The number of rotatable bonds is 3. The van der Waals surface area contributed by atoms with Gasteiger partial charge in [0, 0.05) is 30.9 Å². The van der Waals surface area contributed by atoms with Crippen molar-refractivity contribution in [2.45, 2.75) is 25.8 Å². The second-order valence-electron chi connectivity index (χ2n) is 5.17. The van der Waals surface area contributed by atoms with Crippen LogP contribution in [0.3, 0.4) is 0 Å². The molecule has 0 aliphatic heterocycles. The van der Waals surface area contributed by atoms with Crippen LogP contribution in [-0.2, 0) is 26.4 Å². The van der Waals surface area contributed by atoms with Crippen molar-refractivity contribution in [3.05, 3.63) is 46.6 Å². The van der Waals surface area contributed by atoms with Crippen molar-refractivity contribution in [3.8, 4) is 0 Å². The highest BCUT2D eigenvalue weighted by Gasteiger charge is 2.15. The van der Waals surface area contributed by atoms with Gasteiger partial charge in [-0.1, -0.05) is 6.07 Å². The minimum atomic E-state index is -0.131. The molecule has 20 heavy (non-hydrogen) atoms. The molecule has 1 aromatic heterocycles. The number of nitrogens with two attached hydrogens (primary N) is 1. The third kappa shape index (κ3) is 2.32. The first-order valence-electron chi connectivity index (χ1n) is 6.83. The number of aromatic nitrogens is 2. The zero-order valence-corrected chi connectivity index (χ0v) is 11.5. The minimum Gasteiger partial charge on any atom is -0.326 e. The summed E-state index contributed by atoms with van der Waals surface area (Å²) in [6, 6.07) is 5.92. The maximum absolute atomic E-state index is 12.3. The van der Waals surface area contributed by atoms with Crippen LogP contribution in [0, 0.1) is 0 Å². The Hall–Kier alpha value is -2.14. The quantitative estimate of drug-likeness (QED) is 0.890. The van der Waals surface area contributed by atoms with Crippen LogP contribution in [0.2, 0.25) is 0 Å². The van der Waals surface area contributed by atoms with E-state index in [-0.39, 0.29) is 5.91 Å². The first kappa shape index (κ1) is 12.9. The van der Waals surface area contributed by atoms with Crippen molar-refractivity contribution in [2.75, 3.05) is 5.32 Å². The largest absolute Gasteiger partial charge is 0.326 e. The predicted octanol–water partition coefficient (Wildman–Crippen LogP) is 1.62. The summed E-state index contributed by atoms with van der Waals surface area (Å²) in [7, 11) is 1.81. The molecule has 5 heteroatoms. The van der Waals surface area contributed by atoms with E-state index in [0.29, 0.717) is 17.9 Å². The number of aryl methyl sites for hydroxylation is 3. The van der Waals surface area contributed by atoms with E-state index in [9.17, 15) is 4.79 Å². The fourth-order valence-corrected chi connectivity index (χ4v) is 2.68. The van der Waals surface area contributed by atoms with Crippen molar-refractivity contribution in [3.63, 3.8) is 0 Å². The van der Waals surface area contributed by atoms with Crippen molar-refractivity contribution in [1.82, 2.24) is 9.78 Å². The second-order valence-corrected chi connectivity index (χ2v) is 5.17. The molecule has 1 amide bonds. The average molecular weight is 270 g/mol. The summed E-state index contributed by atoms with van der Waals surface area (Å²) in [4.78, 5) is 12.3. The Kier molecular flexibility index (Phi) is 3.28. The van der Waals surface area contributed by atoms with Crippen LogP contribution in [0.5, 0.6) is 0 Å². The van der Waals surface area contributed by atoms with Crippen molar-refractivity contribution >= 4 is 11.7 Å². The standard InChI is InChI=1S/C15H18N4O/c1-19-9-13(8-16)14(18-19)17-15(20)12-6-5-10-3-2-4-11(10)7-12/h5-7,9H,2-4,8,16H2,1H3,(H,17,18,20). The van der Waals surface area contributed by atoms with Crippen LogP contribution >= 0.6 is 0 Å². The molecule has 0 spiro atoms. The van der Waals surface area contributed by atoms with E-state index in [4.69, 9.17) is 5.73 Å². The number of hydrogen-bond acceptors (Lipinski definition) is 3. The summed E-state index contributed by atoms with van der Waals surface area (Å²) >= 11 is 0. The van der Waals surface area contributed by atoms with Gasteiger partial charge in [0.1, 0.15) is 0 Å².